The maximum absolute atomic E-state index is 10.8. The van der Waals surface area contributed by atoms with Crippen LogP contribution in [0, 0.1) is 10.1 Å². The third kappa shape index (κ3) is 5.32. The van der Waals surface area contributed by atoms with E-state index in [1.165, 1.54) is 18.2 Å². The van der Waals surface area contributed by atoms with E-state index in [0.29, 0.717) is 18.1 Å². The summed E-state index contributed by atoms with van der Waals surface area (Å²) in [6.45, 7) is 0.435. The topological polar surface area (TPSA) is 61.6 Å². The van der Waals surface area contributed by atoms with Crippen molar-refractivity contribution < 1.29 is 14.4 Å². The second-order valence-electron chi connectivity index (χ2n) is 4.14. The molecular weight excluding hydrogens is 357 g/mol. The Bertz CT molecular complexity index is 516. The minimum Gasteiger partial charge on any atom is -0.489 e. The fourth-order valence-corrected chi connectivity index (χ4v) is 4.04. The molecule has 9 heteroatoms. The van der Waals surface area contributed by atoms with Crippen molar-refractivity contribution in [3.63, 3.8) is 0 Å². The van der Waals surface area contributed by atoms with Crippen LogP contribution >= 0.6 is 46.7 Å². The first-order valence-corrected chi connectivity index (χ1v) is 9.18. The van der Waals surface area contributed by atoms with Gasteiger partial charge in [0.2, 0.25) is 0 Å². The summed E-state index contributed by atoms with van der Waals surface area (Å²) in [6.07, 6.45) is 0. The van der Waals surface area contributed by atoms with Gasteiger partial charge >= 0.3 is 0 Å². The molecule has 2 rings (SSSR count). The summed E-state index contributed by atoms with van der Waals surface area (Å²) >= 11 is 15.6. The maximum atomic E-state index is 10.8. The minimum absolute atomic E-state index is 0.0683. The molecule has 0 atom stereocenters. The van der Waals surface area contributed by atoms with Gasteiger partial charge in [-0.05, 0) is 6.07 Å². The molecule has 1 heterocycles. The zero-order chi connectivity index (χ0) is 15.3. The highest BCUT2D eigenvalue weighted by Crippen LogP contribution is 2.38. The zero-order valence-corrected chi connectivity index (χ0v) is 14.1. The third-order valence-electron chi connectivity index (χ3n) is 2.52. The fraction of sp³-hybridized carbons (Fsp3) is 0.500. The summed E-state index contributed by atoms with van der Waals surface area (Å²) in [5.74, 6) is 3.66. The number of nitro benzene ring substituents is 1. The quantitative estimate of drug-likeness (QED) is 0.424. The Kier molecular flexibility index (Phi) is 6.16. The van der Waals surface area contributed by atoms with Gasteiger partial charge in [0.1, 0.15) is 0 Å². The number of ether oxygens (including phenoxy) is 2. The SMILES string of the molecule is O=[N+]([O-])c1ccc2c(c1)OCCSCCSCC(Cl)(Cl)O2. The fourth-order valence-electron chi connectivity index (χ4n) is 1.62. The number of halogens is 2. The third-order valence-corrected chi connectivity index (χ3v) is 5.57. The van der Waals surface area contributed by atoms with Gasteiger partial charge < -0.3 is 9.47 Å². The number of benzene rings is 1. The predicted molar refractivity (Wildman–Crippen MR) is 88.3 cm³/mol. The maximum Gasteiger partial charge on any atom is 0.273 e. The second-order valence-corrected chi connectivity index (χ2v) is 7.89. The number of hydrogen-bond donors (Lipinski definition) is 0. The van der Waals surface area contributed by atoms with Crippen LogP contribution < -0.4 is 9.47 Å². The standard InChI is InChI=1S/C12H13Cl2NO4S2/c13-12(14)8-21-6-5-20-4-3-18-11-7-9(15(16)17)1-2-10(11)19-12/h1-2,7H,3-6,8H2. The Balaban J connectivity index is 2.26. The predicted octanol–water partition coefficient (Wildman–Crippen LogP) is 3.96. The van der Waals surface area contributed by atoms with Gasteiger partial charge in [-0.1, -0.05) is 23.2 Å². The lowest BCUT2D eigenvalue weighted by Crippen LogP contribution is -2.26. The Morgan fingerprint density at radius 1 is 1.19 bits per heavy atom. The Morgan fingerprint density at radius 3 is 2.71 bits per heavy atom. The van der Waals surface area contributed by atoms with E-state index in [2.05, 4.69) is 0 Å². The molecule has 0 aliphatic carbocycles. The number of hydrogen-bond acceptors (Lipinski definition) is 6. The first-order valence-electron chi connectivity index (χ1n) is 6.11. The van der Waals surface area contributed by atoms with Crippen molar-refractivity contribution in [3.05, 3.63) is 28.3 Å². The Hall–Kier alpha value is -0.500. The number of fused-ring (bicyclic) bond motifs is 1. The molecule has 0 radical (unpaired) electrons. The smallest absolute Gasteiger partial charge is 0.273 e. The van der Waals surface area contributed by atoms with E-state index < -0.39 is 9.44 Å². The van der Waals surface area contributed by atoms with Gasteiger partial charge in [-0.15, -0.1) is 0 Å². The monoisotopic (exact) mass is 369 g/mol. The van der Waals surface area contributed by atoms with Gasteiger partial charge in [0.25, 0.3) is 10.2 Å². The molecule has 0 unspecified atom stereocenters. The number of thioether (sulfide) groups is 2. The first kappa shape index (κ1) is 16.9. The largest absolute Gasteiger partial charge is 0.489 e. The van der Waals surface area contributed by atoms with Crippen molar-refractivity contribution in [3.8, 4) is 11.5 Å². The number of non-ortho nitro benzene ring substituents is 1. The number of alkyl halides is 2. The van der Waals surface area contributed by atoms with Gasteiger partial charge in [0.15, 0.2) is 11.5 Å². The number of rotatable bonds is 1. The molecule has 116 valence electrons. The highest BCUT2D eigenvalue weighted by molar-refractivity contribution is 8.03. The molecule has 21 heavy (non-hydrogen) atoms. The molecule has 5 nitrogen and oxygen atoms in total. The average Bonchev–Trinajstić information content (AvgIpc) is 2.41. The van der Waals surface area contributed by atoms with Crippen molar-refractivity contribution >= 4 is 52.4 Å². The molecule has 0 N–H and O–H groups in total. The molecule has 0 saturated carbocycles. The Morgan fingerprint density at radius 2 is 1.95 bits per heavy atom. The molecule has 1 aliphatic heterocycles. The van der Waals surface area contributed by atoms with E-state index in [9.17, 15) is 10.1 Å². The van der Waals surface area contributed by atoms with Crippen LogP contribution in [0.5, 0.6) is 11.5 Å². The van der Waals surface area contributed by atoms with Crippen LogP contribution in [0.2, 0.25) is 0 Å². The van der Waals surface area contributed by atoms with Gasteiger partial charge in [-0.25, -0.2) is 0 Å². The second kappa shape index (κ2) is 7.67. The van der Waals surface area contributed by atoms with E-state index >= 15 is 0 Å². The van der Waals surface area contributed by atoms with Crippen molar-refractivity contribution in [2.45, 2.75) is 4.52 Å². The summed E-state index contributed by atoms with van der Waals surface area (Å²) in [7, 11) is 0. The van der Waals surface area contributed by atoms with E-state index in [-0.39, 0.29) is 11.4 Å². The molecule has 1 aliphatic rings. The van der Waals surface area contributed by atoms with Gasteiger partial charge in [-0.3, -0.25) is 10.1 Å². The molecule has 1 aromatic rings. The lowest BCUT2D eigenvalue weighted by Gasteiger charge is -2.23. The molecule has 0 saturated heterocycles. The van der Waals surface area contributed by atoms with Crippen molar-refractivity contribution in [1.29, 1.82) is 0 Å². The van der Waals surface area contributed by atoms with Crippen LogP contribution in [0.4, 0.5) is 5.69 Å². The molecule has 0 bridgehead atoms. The normalized spacial score (nSPS) is 19.1. The number of nitrogens with zero attached hydrogens (tertiary/aromatic N) is 1. The van der Waals surface area contributed by atoms with Crippen LogP contribution in [0.3, 0.4) is 0 Å². The molecule has 0 spiro atoms. The highest BCUT2D eigenvalue weighted by Gasteiger charge is 2.28. The molecular formula is C12H13Cl2NO4S2. The Labute approximate surface area is 140 Å². The zero-order valence-electron chi connectivity index (χ0n) is 10.9. The summed E-state index contributed by atoms with van der Waals surface area (Å²) in [5, 5.41) is 10.8. The highest BCUT2D eigenvalue weighted by atomic mass is 35.5. The minimum atomic E-state index is -1.40. The summed E-state index contributed by atoms with van der Waals surface area (Å²) < 4.78 is 9.72. The van der Waals surface area contributed by atoms with Crippen LogP contribution in [0.25, 0.3) is 0 Å². The first-order chi connectivity index (χ1) is 9.98. The van der Waals surface area contributed by atoms with E-state index in [4.69, 9.17) is 32.7 Å². The van der Waals surface area contributed by atoms with Crippen LogP contribution in [-0.4, -0.2) is 39.1 Å². The van der Waals surface area contributed by atoms with E-state index in [1.54, 1.807) is 23.5 Å². The number of nitro groups is 1. The molecule has 0 aromatic heterocycles. The van der Waals surface area contributed by atoms with Crippen LogP contribution in [-0.2, 0) is 0 Å². The van der Waals surface area contributed by atoms with Gasteiger partial charge in [-0.2, -0.15) is 23.5 Å². The summed E-state index contributed by atoms with van der Waals surface area (Å²) in [6, 6.07) is 4.11. The molecule has 1 aromatic carbocycles. The van der Waals surface area contributed by atoms with E-state index in [0.717, 1.165) is 17.3 Å². The summed E-state index contributed by atoms with van der Waals surface area (Å²) in [5.41, 5.74) is -0.0683. The van der Waals surface area contributed by atoms with Crippen molar-refractivity contribution in [1.82, 2.24) is 0 Å². The lowest BCUT2D eigenvalue weighted by molar-refractivity contribution is -0.385. The molecule has 0 fully saturated rings. The van der Waals surface area contributed by atoms with Crippen molar-refractivity contribution in [2.75, 3.05) is 29.6 Å². The van der Waals surface area contributed by atoms with Crippen LogP contribution in [0.1, 0.15) is 0 Å². The van der Waals surface area contributed by atoms with Gasteiger partial charge in [0, 0.05) is 23.3 Å². The van der Waals surface area contributed by atoms with E-state index in [1.807, 2.05) is 0 Å². The van der Waals surface area contributed by atoms with Gasteiger partial charge in [0.05, 0.1) is 23.3 Å². The average molecular weight is 370 g/mol. The van der Waals surface area contributed by atoms with Crippen molar-refractivity contribution in [2.24, 2.45) is 0 Å². The summed E-state index contributed by atoms with van der Waals surface area (Å²) in [4.78, 5) is 10.4. The molecule has 0 amide bonds. The van der Waals surface area contributed by atoms with Crippen LogP contribution in [0.15, 0.2) is 18.2 Å². The lowest BCUT2D eigenvalue weighted by atomic mass is 10.3.